The first-order valence-electron chi connectivity index (χ1n) is 7.62. The largest absolute Gasteiger partial charge is 0.333 e. The van der Waals surface area contributed by atoms with Crippen LogP contribution >= 0.6 is 11.3 Å². The molecule has 0 aliphatic rings. The molecule has 2 aromatic rings. The van der Waals surface area contributed by atoms with Crippen LogP contribution in [0.2, 0.25) is 0 Å². The molecule has 0 aliphatic heterocycles. The Hall–Kier alpha value is -2.32. The second kappa shape index (κ2) is 8.68. The Morgan fingerprint density at radius 1 is 1.24 bits per heavy atom. The average Bonchev–Trinajstić information content (AvgIpc) is 3.08. The Kier molecular flexibility index (Phi) is 6.60. The van der Waals surface area contributed by atoms with Crippen LogP contribution in [0, 0.1) is 11.6 Å². The summed E-state index contributed by atoms with van der Waals surface area (Å²) >= 11 is 1.51. The van der Waals surface area contributed by atoms with E-state index >= 15 is 0 Å². The highest BCUT2D eigenvalue weighted by Gasteiger charge is 2.17. The van der Waals surface area contributed by atoms with E-state index in [1.165, 1.54) is 17.4 Å². The first-order valence-corrected chi connectivity index (χ1v) is 8.50. The standard InChI is InChI=1S/C17H19F2N3O2S/c1-11(12-5-6-14(18)15(19)8-12)22(2)10-16(23)21-17(24)20-9-13-4-3-7-25-13/h3-8,11H,9-10H2,1-2H3,(H2,20,21,23,24). The Morgan fingerprint density at radius 3 is 2.64 bits per heavy atom. The number of nitrogens with one attached hydrogen (secondary N) is 2. The molecule has 0 saturated carbocycles. The molecule has 8 heteroatoms. The van der Waals surface area contributed by atoms with Gasteiger partial charge in [0.25, 0.3) is 0 Å². The van der Waals surface area contributed by atoms with Gasteiger partial charge in [0.2, 0.25) is 5.91 Å². The van der Waals surface area contributed by atoms with Crippen molar-refractivity contribution >= 4 is 23.3 Å². The number of hydrogen-bond donors (Lipinski definition) is 2. The van der Waals surface area contributed by atoms with Gasteiger partial charge in [0.05, 0.1) is 13.1 Å². The summed E-state index contributed by atoms with van der Waals surface area (Å²) in [5.41, 5.74) is 0.538. The number of carbonyl (C=O) groups excluding carboxylic acids is 2. The molecule has 0 bridgehead atoms. The Labute approximate surface area is 148 Å². The maximum atomic E-state index is 13.3. The minimum atomic E-state index is -0.935. The third kappa shape index (κ3) is 5.61. The van der Waals surface area contributed by atoms with Gasteiger partial charge in [0.1, 0.15) is 0 Å². The SMILES string of the molecule is CC(c1ccc(F)c(F)c1)N(C)CC(=O)NC(=O)NCc1cccs1. The van der Waals surface area contributed by atoms with Gasteiger partial charge in [-0.2, -0.15) is 0 Å². The summed E-state index contributed by atoms with van der Waals surface area (Å²) < 4.78 is 26.3. The number of benzene rings is 1. The number of hydrogen-bond acceptors (Lipinski definition) is 4. The lowest BCUT2D eigenvalue weighted by molar-refractivity contribution is -0.121. The summed E-state index contributed by atoms with van der Waals surface area (Å²) in [6.45, 7) is 2.04. The van der Waals surface area contributed by atoms with Crippen molar-refractivity contribution in [2.45, 2.75) is 19.5 Å². The molecule has 0 radical (unpaired) electrons. The third-order valence-corrected chi connectivity index (χ3v) is 4.61. The van der Waals surface area contributed by atoms with Crippen molar-refractivity contribution in [3.63, 3.8) is 0 Å². The fourth-order valence-electron chi connectivity index (χ4n) is 2.18. The van der Waals surface area contributed by atoms with E-state index in [0.29, 0.717) is 12.1 Å². The highest BCUT2D eigenvalue weighted by Crippen LogP contribution is 2.20. The lowest BCUT2D eigenvalue weighted by Gasteiger charge is -2.24. The van der Waals surface area contributed by atoms with Crippen LogP contribution in [0.25, 0.3) is 0 Å². The van der Waals surface area contributed by atoms with Crippen molar-refractivity contribution < 1.29 is 18.4 Å². The van der Waals surface area contributed by atoms with E-state index in [-0.39, 0.29) is 12.6 Å². The molecule has 0 fully saturated rings. The van der Waals surface area contributed by atoms with Gasteiger partial charge in [-0.1, -0.05) is 12.1 Å². The highest BCUT2D eigenvalue weighted by molar-refractivity contribution is 7.09. The van der Waals surface area contributed by atoms with Gasteiger partial charge < -0.3 is 5.32 Å². The van der Waals surface area contributed by atoms with E-state index in [1.807, 2.05) is 17.5 Å². The predicted molar refractivity (Wildman–Crippen MR) is 92.1 cm³/mol. The summed E-state index contributed by atoms with van der Waals surface area (Å²) in [6, 6.07) is 6.46. The minimum absolute atomic E-state index is 0.0629. The van der Waals surface area contributed by atoms with Gasteiger partial charge in [-0.3, -0.25) is 15.0 Å². The smallest absolute Gasteiger partial charge is 0.321 e. The van der Waals surface area contributed by atoms with Crippen LogP contribution in [0.15, 0.2) is 35.7 Å². The first kappa shape index (κ1) is 19.0. The van der Waals surface area contributed by atoms with Crippen LogP contribution in [-0.4, -0.2) is 30.4 Å². The molecular formula is C17H19F2N3O2S. The number of carbonyl (C=O) groups is 2. The maximum Gasteiger partial charge on any atom is 0.321 e. The van der Waals surface area contributed by atoms with Gasteiger partial charge in [0, 0.05) is 10.9 Å². The fourth-order valence-corrected chi connectivity index (χ4v) is 2.83. The molecule has 25 heavy (non-hydrogen) atoms. The minimum Gasteiger partial charge on any atom is -0.333 e. The molecule has 1 unspecified atom stereocenters. The van der Waals surface area contributed by atoms with Crippen molar-refractivity contribution in [3.05, 3.63) is 57.8 Å². The zero-order valence-electron chi connectivity index (χ0n) is 13.9. The van der Waals surface area contributed by atoms with Crippen molar-refractivity contribution in [1.29, 1.82) is 0 Å². The molecule has 1 aromatic heterocycles. The molecule has 3 amide bonds. The van der Waals surface area contributed by atoms with Crippen LogP contribution in [0.4, 0.5) is 13.6 Å². The Bertz CT molecular complexity index is 737. The van der Waals surface area contributed by atoms with Gasteiger partial charge in [0.15, 0.2) is 11.6 Å². The number of likely N-dealkylation sites (N-methyl/N-ethyl adjacent to an activating group) is 1. The Morgan fingerprint density at radius 2 is 2.00 bits per heavy atom. The molecule has 5 nitrogen and oxygen atoms in total. The second-order valence-corrected chi connectivity index (χ2v) is 6.61. The number of urea groups is 1. The fraction of sp³-hybridized carbons (Fsp3) is 0.294. The van der Waals surface area contributed by atoms with Gasteiger partial charge in [-0.05, 0) is 43.1 Å². The topological polar surface area (TPSA) is 61.4 Å². The highest BCUT2D eigenvalue weighted by atomic mass is 32.1. The van der Waals surface area contributed by atoms with Gasteiger partial charge in [-0.15, -0.1) is 11.3 Å². The molecule has 2 rings (SSSR count). The normalized spacial score (nSPS) is 12.0. The summed E-state index contributed by atoms with van der Waals surface area (Å²) in [6.07, 6.45) is 0. The number of thiophene rings is 1. The number of imide groups is 1. The van der Waals surface area contributed by atoms with E-state index in [0.717, 1.165) is 17.0 Å². The van der Waals surface area contributed by atoms with Crippen LogP contribution in [0.3, 0.4) is 0 Å². The maximum absolute atomic E-state index is 13.3. The third-order valence-electron chi connectivity index (χ3n) is 3.74. The van der Waals surface area contributed by atoms with E-state index in [4.69, 9.17) is 0 Å². The van der Waals surface area contributed by atoms with E-state index in [2.05, 4.69) is 10.6 Å². The average molecular weight is 367 g/mol. The zero-order valence-corrected chi connectivity index (χ0v) is 14.7. The molecule has 0 saturated heterocycles. The van der Waals surface area contributed by atoms with Crippen molar-refractivity contribution in [2.75, 3.05) is 13.6 Å². The van der Waals surface area contributed by atoms with Crippen LogP contribution < -0.4 is 10.6 Å². The summed E-state index contributed by atoms with van der Waals surface area (Å²) in [5, 5.41) is 6.73. The molecular weight excluding hydrogens is 348 g/mol. The van der Waals surface area contributed by atoms with Crippen molar-refractivity contribution in [3.8, 4) is 0 Å². The summed E-state index contributed by atoms with van der Waals surface area (Å²) in [7, 11) is 1.66. The van der Waals surface area contributed by atoms with Crippen LogP contribution in [-0.2, 0) is 11.3 Å². The monoisotopic (exact) mass is 367 g/mol. The van der Waals surface area contributed by atoms with Crippen molar-refractivity contribution in [2.24, 2.45) is 0 Å². The first-order chi connectivity index (χ1) is 11.9. The lowest BCUT2D eigenvalue weighted by atomic mass is 10.1. The molecule has 0 aliphatic carbocycles. The second-order valence-electron chi connectivity index (χ2n) is 5.57. The lowest BCUT2D eigenvalue weighted by Crippen LogP contribution is -2.43. The number of nitrogens with zero attached hydrogens (tertiary/aromatic N) is 1. The summed E-state index contributed by atoms with van der Waals surface area (Å²) in [5.74, 6) is -2.34. The van der Waals surface area contributed by atoms with Crippen LogP contribution in [0.1, 0.15) is 23.4 Å². The van der Waals surface area contributed by atoms with E-state index < -0.39 is 23.6 Å². The van der Waals surface area contributed by atoms with E-state index in [9.17, 15) is 18.4 Å². The zero-order chi connectivity index (χ0) is 18.4. The van der Waals surface area contributed by atoms with Crippen molar-refractivity contribution in [1.82, 2.24) is 15.5 Å². The van der Waals surface area contributed by atoms with Crippen LogP contribution in [0.5, 0.6) is 0 Å². The summed E-state index contributed by atoms with van der Waals surface area (Å²) in [4.78, 5) is 26.3. The quantitative estimate of drug-likeness (QED) is 0.825. The van der Waals surface area contributed by atoms with Gasteiger partial charge >= 0.3 is 6.03 Å². The molecule has 1 heterocycles. The number of amides is 3. The Balaban J connectivity index is 1.82. The molecule has 1 atom stereocenters. The number of rotatable bonds is 6. The number of halogens is 2. The molecule has 2 N–H and O–H groups in total. The molecule has 0 spiro atoms. The molecule has 134 valence electrons. The predicted octanol–water partition coefficient (Wildman–Crippen LogP) is 3.05. The van der Waals surface area contributed by atoms with E-state index in [1.54, 1.807) is 18.9 Å². The van der Waals surface area contributed by atoms with Gasteiger partial charge in [-0.25, -0.2) is 13.6 Å². The molecule has 1 aromatic carbocycles.